The van der Waals surface area contributed by atoms with Crippen LogP contribution in [0.1, 0.15) is 70.2 Å². The molecule has 3 N–H and O–H groups in total. The number of carbonyl (C=O) groups is 2. The standard InChI is InChI=1S/C29H37N7O3/c1-5-17-36-19-21(18-32-36)25-23-14-16-30-26(23)35-28(34-25)33-22-12-10-20(11-13-22)27(38)31-15-8-6-7-9-24(37)39-29(2,3)4/h10-14,16,18-19H,5-9,15,17H2,1-4H3,(H,31,38)(H2,30,33,34,35). The molecule has 0 saturated heterocycles. The van der Waals surface area contributed by atoms with Gasteiger partial charge in [-0.15, -0.1) is 0 Å². The number of hydrogen-bond acceptors (Lipinski definition) is 7. The highest BCUT2D eigenvalue weighted by Crippen LogP contribution is 2.27. The number of hydrogen-bond donors (Lipinski definition) is 3. The first-order valence-corrected chi connectivity index (χ1v) is 13.5. The Labute approximate surface area is 228 Å². The van der Waals surface area contributed by atoms with Crippen LogP contribution in [0.25, 0.3) is 22.3 Å². The van der Waals surface area contributed by atoms with Gasteiger partial charge < -0.3 is 20.4 Å². The summed E-state index contributed by atoms with van der Waals surface area (Å²) in [5.41, 5.74) is 3.34. The molecule has 0 unspecified atom stereocenters. The first-order valence-electron chi connectivity index (χ1n) is 13.5. The van der Waals surface area contributed by atoms with Crippen LogP contribution in [0, 0.1) is 0 Å². The summed E-state index contributed by atoms with van der Waals surface area (Å²) in [5, 5.41) is 11.5. The maximum atomic E-state index is 12.5. The minimum atomic E-state index is -0.457. The molecule has 3 aromatic heterocycles. The zero-order chi connectivity index (χ0) is 27.8. The predicted octanol–water partition coefficient (Wildman–Crippen LogP) is 5.61. The Hall–Kier alpha value is -4.21. The van der Waals surface area contributed by atoms with Crippen molar-refractivity contribution in [2.24, 2.45) is 0 Å². The highest BCUT2D eigenvalue weighted by atomic mass is 16.6. The molecule has 3 heterocycles. The largest absolute Gasteiger partial charge is 0.460 e. The van der Waals surface area contributed by atoms with E-state index in [0.717, 1.165) is 60.2 Å². The lowest BCUT2D eigenvalue weighted by Gasteiger charge is -2.19. The molecule has 0 radical (unpaired) electrons. The lowest BCUT2D eigenvalue weighted by atomic mass is 10.1. The number of carbonyl (C=O) groups excluding carboxylic acids is 2. The molecule has 1 amide bonds. The van der Waals surface area contributed by atoms with Gasteiger partial charge in [0, 0.05) is 54.1 Å². The molecule has 4 rings (SSSR count). The van der Waals surface area contributed by atoms with E-state index < -0.39 is 5.60 Å². The highest BCUT2D eigenvalue weighted by molar-refractivity contribution is 5.94. The van der Waals surface area contributed by atoms with Crippen LogP contribution in [-0.2, 0) is 16.1 Å². The van der Waals surface area contributed by atoms with Gasteiger partial charge in [0.2, 0.25) is 5.95 Å². The second kappa shape index (κ2) is 12.6. The molecule has 10 heteroatoms. The van der Waals surface area contributed by atoms with Gasteiger partial charge in [0.05, 0.1) is 11.9 Å². The number of rotatable bonds is 12. The lowest BCUT2D eigenvalue weighted by Crippen LogP contribution is -2.24. The van der Waals surface area contributed by atoms with Gasteiger partial charge in [0.1, 0.15) is 11.2 Å². The van der Waals surface area contributed by atoms with Crippen LogP contribution in [-0.4, -0.2) is 48.8 Å². The third-order valence-corrected chi connectivity index (χ3v) is 5.94. The van der Waals surface area contributed by atoms with Crippen LogP contribution in [0.15, 0.2) is 48.9 Å². The molecular formula is C29H37N7O3. The van der Waals surface area contributed by atoms with Crippen molar-refractivity contribution in [3.05, 3.63) is 54.5 Å². The predicted molar refractivity (Wildman–Crippen MR) is 152 cm³/mol. The van der Waals surface area contributed by atoms with E-state index in [0.29, 0.717) is 24.5 Å². The van der Waals surface area contributed by atoms with E-state index in [4.69, 9.17) is 9.72 Å². The Morgan fingerprint density at radius 1 is 1.05 bits per heavy atom. The maximum Gasteiger partial charge on any atom is 0.306 e. The second-order valence-corrected chi connectivity index (χ2v) is 10.5. The van der Waals surface area contributed by atoms with Crippen LogP contribution >= 0.6 is 0 Å². The zero-order valence-corrected chi connectivity index (χ0v) is 23.1. The lowest BCUT2D eigenvalue weighted by molar-refractivity contribution is -0.154. The summed E-state index contributed by atoms with van der Waals surface area (Å²) < 4.78 is 7.22. The van der Waals surface area contributed by atoms with Gasteiger partial charge in [0.15, 0.2) is 0 Å². The number of aromatic nitrogens is 5. The van der Waals surface area contributed by atoms with E-state index in [1.807, 2.05) is 62.2 Å². The van der Waals surface area contributed by atoms with E-state index in [2.05, 4.69) is 32.6 Å². The molecule has 0 saturated carbocycles. The number of anilines is 2. The molecule has 10 nitrogen and oxygen atoms in total. The minimum absolute atomic E-state index is 0.135. The summed E-state index contributed by atoms with van der Waals surface area (Å²) in [6, 6.07) is 9.15. The summed E-state index contributed by atoms with van der Waals surface area (Å²) in [5.74, 6) is 0.133. The van der Waals surface area contributed by atoms with Gasteiger partial charge in [-0.25, -0.2) is 4.98 Å². The van der Waals surface area contributed by atoms with E-state index in [1.54, 1.807) is 12.1 Å². The summed E-state index contributed by atoms with van der Waals surface area (Å²) in [6.07, 6.45) is 9.44. The molecule has 1 aromatic carbocycles. The molecule has 0 aliphatic heterocycles. The highest BCUT2D eigenvalue weighted by Gasteiger charge is 2.16. The fourth-order valence-corrected chi connectivity index (χ4v) is 4.16. The number of H-pyrrole nitrogens is 1. The molecule has 0 aliphatic rings. The molecule has 0 aliphatic carbocycles. The Kier molecular flexibility index (Phi) is 8.96. The van der Waals surface area contributed by atoms with Crippen molar-refractivity contribution in [3.63, 3.8) is 0 Å². The molecule has 0 bridgehead atoms. The molecule has 0 fully saturated rings. The van der Waals surface area contributed by atoms with Crippen LogP contribution in [0.5, 0.6) is 0 Å². The maximum absolute atomic E-state index is 12.5. The smallest absolute Gasteiger partial charge is 0.306 e. The van der Waals surface area contributed by atoms with E-state index in [-0.39, 0.29) is 11.9 Å². The number of amides is 1. The third-order valence-electron chi connectivity index (χ3n) is 5.94. The van der Waals surface area contributed by atoms with Crippen LogP contribution in [0.3, 0.4) is 0 Å². The summed E-state index contributed by atoms with van der Waals surface area (Å²) >= 11 is 0. The monoisotopic (exact) mass is 531 g/mol. The van der Waals surface area contributed by atoms with Crippen molar-refractivity contribution < 1.29 is 14.3 Å². The number of fused-ring (bicyclic) bond motifs is 1. The number of aromatic amines is 1. The van der Waals surface area contributed by atoms with Gasteiger partial charge in [0.25, 0.3) is 5.91 Å². The molecular weight excluding hydrogens is 494 g/mol. The first-order chi connectivity index (χ1) is 18.7. The van der Waals surface area contributed by atoms with Crippen LogP contribution in [0.4, 0.5) is 11.6 Å². The number of ether oxygens (including phenoxy) is 1. The number of unbranched alkanes of at least 4 members (excludes halogenated alkanes) is 2. The normalized spacial score (nSPS) is 11.5. The third kappa shape index (κ3) is 7.89. The topological polar surface area (TPSA) is 127 Å². The molecule has 0 spiro atoms. The quantitative estimate of drug-likeness (QED) is 0.160. The summed E-state index contributed by atoms with van der Waals surface area (Å²) in [4.78, 5) is 36.8. The SMILES string of the molecule is CCCn1cc(-c2nc(Nc3ccc(C(=O)NCCCCCC(=O)OC(C)(C)C)cc3)nc3[nH]ccc23)cn1. The Morgan fingerprint density at radius 3 is 2.59 bits per heavy atom. The molecule has 0 atom stereocenters. The Morgan fingerprint density at radius 2 is 1.85 bits per heavy atom. The van der Waals surface area contributed by atoms with E-state index >= 15 is 0 Å². The van der Waals surface area contributed by atoms with Crippen molar-refractivity contribution >= 4 is 34.5 Å². The fraction of sp³-hybridized carbons (Fsp3) is 0.414. The number of esters is 1. The van der Waals surface area contributed by atoms with Gasteiger partial charge >= 0.3 is 5.97 Å². The van der Waals surface area contributed by atoms with Gasteiger partial charge in [-0.3, -0.25) is 14.3 Å². The van der Waals surface area contributed by atoms with Crippen molar-refractivity contribution in [1.29, 1.82) is 0 Å². The average molecular weight is 532 g/mol. The fourth-order valence-electron chi connectivity index (χ4n) is 4.16. The number of nitrogens with one attached hydrogen (secondary N) is 3. The minimum Gasteiger partial charge on any atom is -0.460 e. The Balaban J connectivity index is 1.30. The molecule has 206 valence electrons. The first kappa shape index (κ1) is 27.8. The molecule has 39 heavy (non-hydrogen) atoms. The van der Waals surface area contributed by atoms with Crippen molar-refractivity contribution in [1.82, 2.24) is 30.0 Å². The van der Waals surface area contributed by atoms with Crippen molar-refractivity contribution in [2.75, 3.05) is 11.9 Å². The van der Waals surface area contributed by atoms with Crippen molar-refractivity contribution in [3.8, 4) is 11.3 Å². The Bertz CT molecular complexity index is 1400. The number of benzene rings is 1. The van der Waals surface area contributed by atoms with E-state index in [9.17, 15) is 9.59 Å². The second-order valence-electron chi connectivity index (χ2n) is 10.5. The van der Waals surface area contributed by atoms with E-state index in [1.165, 1.54) is 0 Å². The average Bonchev–Trinajstić information content (AvgIpc) is 3.55. The zero-order valence-electron chi connectivity index (χ0n) is 23.1. The van der Waals surface area contributed by atoms with Crippen LogP contribution < -0.4 is 10.6 Å². The number of aryl methyl sites for hydroxylation is 1. The summed E-state index contributed by atoms with van der Waals surface area (Å²) in [7, 11) is 0. The van der Waals surface area contributed by atoms with Gasteiger partial charge in [-0.2, -0.15) is 10.1 Å². The molecule has 4 aromatic rings. The van der Waals surface area contributed by atoms with Crippen LogP contribution in [0.2, 0.25) is 0 Å². The van der Waals surface area contributed by atoms with Gasteiger partial charge in [-0.1, -0.05) is 13.3 Å². The summed E-state index contributed by atoms with van der Waals surface area (Å²) in [6.45, 7) is 9.10. The van der Waals surface area contributed by atoms with Gasteiger partial charge in [-0.05, 0) is 70.4 Å². The number of nitrogens with zero attached hydrogens (tertiary/aromatic N) is 4. The van der Waals surface area contributed by atoms with Crippen molar-refractivity contribution in [2.45, 2.75) is 71.9 Å².